The van der Waals surface area contributed by atoms with Gasteiger partial charge in [0.1, 0.15) is 6.04 Å². The van der Waals surface area contributed by atoms with Gasteiger partial charge in [-0.15, -0.1) is 11.3 Å². The normalized spacial score (nSPS) is 23.0. The van der Waals surface area contributed by atoms with Gasteiger partial charge in [-0.1, -0.05) is 13.0 Å². The van der Waals surface area contributed by atoms with Crippen molar-refractivity contribution in [1.82, 2.24) is 9.80 Å². The SMILES string of the molecule is CC1CCN(C(=O)[C@@H]2CCCN2C(=O)Cc2cccs2)CC1. The van der Waals surface area contributed by atoms with Gasteiger partial charge in [-0.05, 0) is 43.0 Å². The van der Waals surface area contributed by atoms with Gasteiger partial charge in [-0.25, -0.2) is 0 Å². The van der Waals surface area contributed by atoms with Gasteiger partial charge in [-0.2, -0.15) is 0 Å². The topological polar surface area (TPSA) is 40.6 Å². The second kappa shape index (κ2) is 6.82. The van der Waals surface area contributed by atoms with Gasteiger partial charge < -0.3 is 9.80 Å². The molecular formula is C17H24N2O2S. The standard InChI is InChI=1S/C17H24N2O2S/c1-13-6-9-18(10-7-13)17(21)15-5-2-8-19(15)16(20)12-14-4-3-11-22-14/h3-4,11,13,15H,2,5-10,12H2,1H3/t15-/m0/s1. The molecule has 3 rings (SSSR count). The Labute approximate surface area is 136 Å². The van der Waals surface area contributed by atoms with Crippen LogP contribution in [0.15, 0.2) is 17.5 Å². The lowest BCUT2D eigenvalue weighted by Gasteiger charge is -2.34. The van der Waals surface area contributed by atoms with E-state index in [9.17, 15) is 9.59 Å². The molecular weight excluding hydrogens is 296 g/mol. The molecule has 0 spiro atoms. The largest absolute Gasteiger partial charge is 0.341 e. The van der Waals surface area contributed by atoms with Gasteiger partial charge in [0.05, 0.1) is 6.42 Å². The van der Waals surface area contributed by atoms with Crippen LogP contribution in [0.2, 0.25) is 0 Å². The Hall–Kier alpha value is -1.36. The van der Waals surface area contributed by atoms with Crippen molar-refractivity contribution in [3.63, 3.8) is 0 Å². The number of rotatable bonds is 3. The number of carbonyl (C=O) groups is 2. The summed E-state index contributed by atoms with van der Waals surface area (Å²) in [4.78, 5) is 30.2. The molecule has 0 radical (unpaired) electrons. The average molecular weight is 320 g/mol. The molecule has 2 aliphatic rings. The molecule has 2 fully saturated rings. The molecule has 3 heterocycles. The van der Waals surface area contributed by atoms with E-state index in [2.05, 4.69) is 6.92 Å². The molecule has 0 unspecified atom stereocenters. The molecule has 1 aromatic rings. The average Bonchev–Trinajstić information content (AvgIpc) is 3.18. The number of piperidine rings is 1. The molecule has 0 saturated carbocycles. The first-order chi connectivity index (χ1) is 10.6. The third-order valence-electron chi connectivity index (χ3n) is 4.86. The Bertz CT molecular complexity index is 521. The Morgan fingerprint density at radius 3 is 2.68 bits per heavy atom. The van der Waals surface area contributed by atoms with Crippen LogP contribution >= 0.6 is 11.3 Å². The second-order valence-electron chi connectivity index (χ2n) is 6.51. The Balaban J connectivity index is 1.62. The highest BCUT2D eigenvalue weighted by molar-refractivity contribution is 7.10. The maximum absolute atomic E-state index is 12.8. The number of hydrogen-bond donors (Lipinski definition) is 0. The fourth-order valence-electron chi connectivity index (χ4n) is 3.43. The van der Waals surface area contributed by atoms with Crippen molar-refractivity contribution in [3.05, 3.63) is 22.4 Å². The van der Waals surface area contributed by atoms with E-state index in [0.29, 0.717) is 12.3 Å². The highest BCUT2D eigenvalue weighted by Crippen LogP contribution is 2.24. The maximum atomic E-state index is 12.8. The van der Waals surface area contributed by atoms with Crippen LogP contribution in [0.1, 0.15) is 37.5 Å². The lowest BCUT2D eigenvalue weighted by Crippen LogP contribution is -2.50. The van der Waals surface area contributed by atoms with E-state index in [4.69, 9.17) is 0 Å². The van der Waals surface area contributed by atoms with E-state index in [-0.39, 0.29) is 17.9 Å². The van der Waals surface area contributed by atoms with Gasteiger partial charge in [0, 0.05) is 24.5 Å². The van der Waals surface area contributed by atoms with Gasteiger partial charge in [0.25, 0.3) is 0 Å². The molecule has 1 aromatic heterocycles. The third kappa shape index (κ3) is 3.35. The molecule has 120 valence electrons. The summed E-state index contributed by atoms with van der Waals surface area (Å²) in [7, 11) is 0. The molecule has 2 saturated heterocycles. The molecule has 4 nitrogen and oxygen atoms in total. The molecule has 22 heavy (non-hydrogen) atoms. The Morgan fingerprint density at radius 1 is 1.23 bits per heavy atom. The number of amides is 2. The molecule has 5 heteroatoms. The van der Waals surface area contributed by atoms with Crippen molar-refractivity contribution in [1.29, 1.82) is 0 Å². The van der Waals surface area contributed by atoms with E-state index in [1.807, 2.05) is 27.3 Å². The summed E-state index contributed by atoms with van der Waals surface area (Å²) in [6.07, 6.45) is 4.36. The van der Waals surface area contributed by atoms with Crippen molar-refractivity contribution in [2.75, 3.05) is 19.6 Å². The lowest BCUT2D eigenvalue weighted by molar-refractivity contribution is -0.144. The monoisotopic (exact) mass is 320 g/mol. The molecule has 1 atom stereocenters. The summed E-state index contributed by atoms with van der Waals surface area (Å²) in [5.74, 6) is 0.983. The molecule has 0 bridgehead atoms. The van der Waals surface area contributed by atoms with Gasteiger partial charge in [-0.3, -0.25) is 9.59 Å². The lowest BCUT2D eigenvalue weighted by atomic mass is 9.98. The Kier molecular flexibility index (Phi) is 4.81. The summed E-state index contributed by atoms with van der Waals surface area (Å²) in [5, 5.41) is 1.99. The number of likely N-dealkylation sites (tertiary alicyclic amines) is 2. The first-order valence-corrected chi connectivity index (χ1v) is 9.14. The number of hydrogen-bond acceptors (Lipinski definition) is 3. The van der Waals surface area contributed by atoms with E-state index in [1.54, 1.807) is 11.3 Å². The smallest absolute Gasteiger partial charge is 0.245 e. The number of thiophene rings is 1. The van der Waals surface area contributed by atoms with Crippen LogP contribution in [0, 0.1) is 5.92 Å². The minimum Gasteiger partial charge on any atom is -0.341 e. The highest BCUT2D eigenvalue weighted by Gasteiger charge is 2.37. The van der Waals surface area contributed by atoms with Crippen LogP contribution < -0.4 is 0 Å². The van der Waals surface area contributed by atoms with E-state index in [0.717, 1.165) is 50.2 Å². The molecule has 0 aromatic carbocycles. The van der Waals surface area contributed by atoms with Crippen LogP contribution in [-0.2, 0) is 16.0 Å². The quantitative estimate of drug-likeness (QED) is 0.859. The van der Waals surface area contributed by atoms with Crippen LogP contribution in [0.25, 0.3) is 0 Å². The fraction of sp³-hybridized carbons (Fsp3) is 0.647. The van der Waals surface area contributed by atoms with E-state index < -0.39 is 0 Å². The van der Waals surface area contributed by atoms with Crippen LogP contribution in [0.3, 0.4) is 0 Å². The zero-order valence-electron chi connectivity index (χ0n) is 13.2. The summed E-state index contributed by atoms with van der Waals surface area (Å²) in [6, 6.07) is 3.73. The van der Waals surface area contributed by atoms with Crippen molar-refractivity contribution < 1.29 is 9.59 Å². The maximum Gasteiger partial charge on any atom is 0.245 e. The number of carbonyl (C=O) groups excluding carboxylic acids is 2. The van der Waals surface area contributed by atoms with Crippen LogP contribution in [0.4, 0.5) is 0 Å². The van der Waals surface area contributed by atoms with Crippen LogP contribution in [-0.4, -0.2) is 47.3 Å². The van der Waals surface area contributed by atoms with Crippen molar-refractivity contribution in [3.8, 4) is 0 Å². The number of nitrogens with zero attached hydrogens (tertiary/aromatic N) is 2. The first kappa shape index (κ1) is 15.5. The summed E-state index contributed by atoms with van der Waals surface area (Å²) in [5.41, 5.74) is 0. The fourth-order valence-corrected chi connectivity index (χ4v) is 4.12. The highest BCUT2D eigenvalue weighted by atomic mass is 32.1. The van der Waals surface area contributed by atoms with Gasteiger partial charge in [0.15, 0.2) is 0 Å². The summed E-state index contributed by atoms with van der Waals surface area (Å²) < 4.78 is 0. The zero-order chi connectivity index (χ0) is 15.5. The van der Waals surface area contributed by atoms with E-state index in [1.165, 1.54) is 0 Å². The molecule has 0 N–H and O–H groups in total. The first-order valence-electron chi connectivity index (χ1n) is 8.26. The van der Waals surface area contributed by atoms with Gasteiger partial charge >= 0.3 is 0 Å². The van der Waals surface area contributed by atoms with Crippen molar-refractivity contribution in [2.24, 2.45) is 5.92 Å². The van der Waals surface area contributed by atoms with Crippen molar-refractivity contribution >= 4 is 23.2 Å². The third-order valence-corrected chi connectivity index (χ3v) is 5.74. The van der Waals surface area contributed by atoms with Gasteiger partial charge in [0.2, 0.25) is 11.8 Å². The predicted molar refractivity (Wildman–Crippen MR) is 87.7 cm³/mol. The Morgan fingerprint density at radius 2 is 2.00 bits per heavy atom. The molecule has 2 amide bonds. The second-order valence-corrected chi connectivity index (χ2v) is 7.54. The van der Waals surface area contributed by atoms with Crippen LogP contribution in [0.5, 0.6) is 0 Å². The predicted octanol–water partition coefficient (Wildman–Crippen LogP) is 2.54. The molecule has 0 aliphatic carbocycles. The summed E-state index contributed by atoms with van der Waals surface area (Å²) in [6.45, 7) is 4.67. The minimum absolute atomic E-state index is 0.101. The van der Waals surface area contributed by atoms with E-state index >= 15 is 0 Å². The zero-order valence-corrected chi connectivity index (χ0v) is 14.0. The molecule has 2 aliphatic heterocycles. The minimum atomic E-state index is -0.221. The summed E-state index contributed by atoms with van der Waals surface area (Å²) >= 11 is 1.61. The van der Waals surface area contributed by atoms with Crippen molar-refractivity contribution in [2.45, 2.75) is 45.1 Å².